The summed E-state index contributed by atoms with van der Waals surface area (Å²) in [5.41, 5.74) is 2.29. The van der Waals surface area contributed by atoms with E-state index in [1.165, 1.54) is 6.07 Å². The van der Waals surface area contributed by atoms with E-state index in [-0.39, 0.29) is 17.8 Å². The molecule has 0 saturated carbocycles. The fourth-order valence-electron chi connectivity index (χ4n) is 2.12. The van der Waals surface area contributed by atoms with Gasteiger partial charge in [-0.15, -0.1) is 0 Å². The number of nitrogens with zero attached hydrogens (tertiary/aromatic N) is 2. The number of hydrogen-bond acceptors (Lipinski definition) is 2. The normalized spacial score (nSPS) is 10.8. The van der Waals surface area contributed by atoms with Gasteiger partial charge in [0.05, 0.1) is 27.8 Å². The Hall–Kier alpha value is -1.49. The summed E-state index contributed by atoms with van der Waals surface area (Å²) in [7, 11) is 1.79. The van der Waals surface area contributed by atoms with Crippen LogP contribution in [0.5, 0.6) is 0 Å². The lowest BCUT2D eigenvalue weighted by atomic mass is 10.0. The molecule has 0 saturated heterocycles. The minimum Gasteiger partial charge on any atom is -0.294 e. The molecule has 2 rings (SSSR count). The van der Waals surface area contributed by atoms with Gasteiger partial charge in [0, 0.05) is 7.05 Å². The molecule has 0 aliphatic rings. The van der Waals surface area contributed by atoms with Crippen molar-refractivity contribution in [3.63, 3.8) is 0 Å². The van der Waals surface area contributed by atoms with Crippen molar-refractivity contribution in [1.29, 1.82) is 0 Å². The van der Waals surface area contributed by atoms with Gasteiger partial charge >= 0.3 is 0 Å². The van der Waals surface area contributed by atoms with Crippen molar-refractivity contribution in [3.8, 4) is 0 Å². The Labute approximate surface area is 125 Å². The first-order valence-electron chi connectivity index (χ1n) is 6.44. The van der Waals surface area contributed by atoms with E-state index < -0.39 is 5.82 Å². The zero-order valence-electron chi connectivity index (χ0n) is 11.7. The number of carbonyl (C=O) groups excluding carboxylic acids is 1. The van der Waals surface area contributed by atoms with Crippen molar-refractivity contribution in [3.05, 3.63) is 51.0 Å². The topological polar surface area (TPSA) is 34.9 Å². The van der Waals surface area contributed by atoms with Gasteiger partial charge in [-0.25, -0.2) is 4.39 Å². The molecule has 0 aliphatic heterocycles. The molecule has 1 aromatic heterocycles. The molecule has 5 heteroatoms. The first kappa shape index (κ1) is 14.9. The molecule has 0 bridgehead atoms. The minimum atomic E-state index is -0.438. The third kappa shape index (κ3) is 2.68. The predicted molar refractivity (Wildman–Crippen MR) is 79.5 cm³/mol. The van der Waals surface area contributed by atoms with E-state index in [0.717, 1.165) is 22.3 Å². The second-order valence-electron chi connectivity index (χ2n) is 4.72. The van der Waals surface area contributed by atoms with Crippen LogP contribution < -0.4 is 0 Å². The highest BCUT2D eigenvalue weighted by Gasteiger charge is 2.19. The van der Waals surface area contributed by atoms with Crippen molar-refractivity contribution in [2.24, 2.45) is 7.05 Å². The second-order valence-corrected chi connectivity index (χ2v) is 5.51. The van der Waals surface area contributed by atoms with Gasteiger partial charge in [0.2, 0.25) is 0 Å². The van der Waals surface area contributed by atoms with E-state index in [2.05, 4.69) is 21.0 Å². The number of ketones is 1. The van der Waals surface area contributed by atoms with Crippen LogP contribution in [0.3, 0.4) is 0 Å². The maximum absolute atomic E-state index is 14.0. The molecule has 0 radical (unpaired) electrons. The summed E-state index contributed by atoms with van der Waals surface area (Å²) in [5.74, 6) is -0.677. The Bertz CT molecular complexity index is 664. The molecule has 1 aromatic carbocycles. The minimum absolute atomic E-state index is 0.129. The summed E-state index contributed by atoms with van der Waals surface area (Å²) in [6.45, 7) is 3.65. The molecule has 3 nitrogen and oxygen atoms in total. The molecule has 0 N–H and O–H groups in total. The van der Waals surface area contributed by atoms with Gasteiger partial charge in [-0.05, 0) is 40.9 Å². The van der Waals surface area contributed by atoms with Crippen LogP contribution >= 0.6 is 15.9 Å². The zero-order valence-corrected chi connectivity index (χ0v) is 13.3. The van der Waals surface area contributed by atoms with Gasteiger partial charge in [-0.2, -0.15) is 5.10 Å². The van der Waals surface area contributed by atoms with Crippen LogP contribution in [0.15, 0.2) is 22.7 Å². The van der Waals surface area contributed by atoms with E-state index in [4.69, 9.17) is 0 Å². The Morgan fingerprint density at radius 2 is 2.15 bits per heavy atom. The van der Waals surface area contributed by atoms with Crippen molar-refractivity contribution < 1.29 is 9.18 Å². The first-order valence-corrected chi connectivity index (χ1v) is 7.23. The Morgan fingerprint density at radius 1 is 1.45 bits per heavy atom. The highest BCUT2D eigenvalue weighted by molar-refractivity contribution is 9.10. The monoisotopic (exact) mass is 338 g/mol. The summed E-state index contributed by atoms with van der Waals surface area (Å²) in [6, 6.07) is 4.87. The summed E-state index contributed by atoms with van der Waals surface area (Å²) in [5, 5.41) is 4.34. The maximum Gasteiger partial charge on any atom is 0.171 e. The largest absolute Gasteiger partial charge is 0.294 e. The molecule has 20 heavy (non-hydrogen) atoms. The lowest BCUT2D eigenvalue weighted by Gasteiger charge is -2.06. The van der Waals surface area contributed by atoms with Crippen LogP contribution in [0.2, 0.25) is 0 Å². The molecule has 0 spiro atoms. The highest BCUT2D eigenvalue weighted by atomic mass is 79.9. The summed E-state index contributed by atoms with van der Waals surface area (Å²) < 4.78 is 16.5. The maximum atomic E-state index is 14.0. The van der Waals surface area contributed by atoms with Crippen LogP contribution in [0.1, 0.15) is 34.2 Å². The molecular weight excluding hydrogens is 323 g/mol. The number of Topliss-reactive ketones (excluding diaryl/α,β-unsaturated/α-hetero) is 1. The van der Waals surface area contributed by atoms with E-state index in [1.807, 2.05) is 6.92 Å². The SMILES string of the molecule is CCc1nn(C)c(CC(=O)c2cccc(C)c2F)c1Br. The number of aryl methyl sites for hydroxylation is 3. The first-order chi connectivity index (χ1) is 9.45. The highest BCUT2D eigenvalue weighted by Crippen LogP contribution is 2.23. The third-order valence-corrected chi connectivity index (χ3v) is 4.24. The fourth-order valence-corrected chi connectivity index (χ4v) is 2.88. The van der Waals surface area contributed by atoms with Crippen LogP contribution in [-0.4, -0.2) is 15.6 Å². The van der Waals surface area contributed by atoms with Gasteiger partial charge in [-0.1, -0.05) is 19.1 Å². The predicted octanol–water partition coefficient (Wildman–Crippen LogP) is 3.62. The average molecular weight is 339 g/mol. The molecule has 0 aliphatic carbocycles. The van der Waals surface area contributed by atoms with Crippen molar-refractivity contribution >= 4 is 21.7 Å². The van der Waals surface area contributed by atoms with E-state index in [9.17, 15) is 9.18 Å². The Kier molecular flexibility index (Phi) is 4.38. The van der Waals surface area contributed by atoms with Crippen LogP contribution in [0, 0.1) is 12.7 Å². The summed E-state index contributed by atoms with van der Waals surface area (Å²) in [4.78, 5) is 12.3. The average Bonchev–Trinajstić information content (AvgIpc) is 2.69. The number of aromatic nitrogens is 2. The number of hydrogen-bond donors (Lipinski definition) is 0. The van der Waals surface area contributed by atoms with Crippen molar-refractivity contribution in [2.75, 3.05) is 0 Å². The molecule has 1 heterocycles. The molecule has 0 amide bonds. The van der Waals surface area contributed by atoms with Gasteiger partial charge in [0.15, 0.2) is 5.78 Å². The number of carbonyl (C=O) groups is 1. The molecular formula is C15H16BrFN2O. The number of rotatable bonds is 4. The van der Waals surface area contributed by atoms with E-state index in [1.54, 1.807) is 30.8 Å². The number of halogens is 2. The zero-order chi connectivity index (χ0) is 14.9. The molecule has 0 fully saturated rings. The van der Waals surface area contributed by atoms with Crippen LogP contribution in [0.4, 0.5) is 4.39 Å². The lowest BCUT2D eigenvalue weighted by molar-refractivity contribution is 0.0986. The molecule has 106 valence electrons. The van der Waals surface area contributed by atoms with Crippen molar-refractivity contribution in [2.45, 2.75) is 26.7 Å². The van der Waals surface area contributed by atoms with Crippen molar-refractivity contribution in [1.82, 2.24) is 9.78 Å². The van der Waals surface area contributed by atoms with E-state index >= 15 is 0 Å². The molecule has 0 unspecified atom stereocenters. The third-order valence-electron chi connectivity index (χ3n) is 3.32. The van der Waals surface area contributed by atoms with Gasteiger partial charge in [0.25, 0.3) is 0 Å². The van der Waals surface area contributed by atoms with Gasteiger partial charge in [0.1, 0.15) is 5.82 Å². The quantitative estimate of drug-likeness (QED) is 0.798. The molecule has 2 aromatic rings. The van der Waals surface area contributed by atoms with Crippen LogP contribution in [0.25, 0.3) is 0 Å². The second kappa shape index (κ2) is 5.87. The lowest BCUT2D eigenvalue weighted by Crippen LogP contribution is -2.10. The van der Waals surface area contributed by atoms with E-state index in [0.29, 0.717) is 5.56 Å². The van der Waals surface area contributed by atoms with Gasteiger partial charge < -0.3 is 0 Å². The number of benzene rings is 1. The smallest absolute Gasteiger partial charge is 0.171 e. The summed E-state index contributed by atoms with van der Waals surface area (Å²) in [6.07, 6.45) is 0.909. The Morgan fingerprint density at radius 3 is 2.75 bits per heavy atom. The standard InChI is InChI=1S/C15H16BrFN2O/c1-4-11-14(16)12(19(3)18-11)8-13(20)10-7-5-6-9(2)15(10)17/h5-7H,4,8H2,1-3H3. The summed E-state index contributed by atoms with van der Waals surface area (Å²) >= 11 is 3.47. The Balaban J connectivity index is 2.33. The van der Waals surface area contributed by atoms with Gasteiger partial charge in [-0.3, -0.25) is 9.48 Å². The van der Waals surface area contributed by atoms with Crippen LogP contribution in [-0.2, 0) is 19.9 Å². The molecule has 0 atom stereocenters. The fraction of sp³-hybridized carbons (Fsp3) is 0.333.